The van der Waals surface area contributed by atoms with Crippen LogP contribution in [0.2, 0.25) is 0 Å². The zero-order valence-electron chi connectivity index (χ0n) is 15.6. The first-order chi connectivity index (χ1) is 13.3. The molecule has 1 aromatic carbocycles. The van der Waals surface area contributed by atoms with Gasteiger partial charge in [0.25, 0.3) is 5.56 Å². The number of carbonyl (C=O) groups excluding carboxylic acids is 1. The molecule has 0 bridgehead atoms. The zero-order chi connectivity index (χ0) is 20.3. The fourth-order valence-electron chi connectivity index (χ4n) is 3.34. The molecule has 2 heterocycles. The van der Waals surface area contributed by atoms with Crippen molar-refractivity contribution in [3.8, 4) is 0 Å². The Hall–Kier alpha value is -2.77. The number of likely N-dealkylation sites (N-methyl/N-ethyl adjacent to an activating group) is 1. The number of carbonyl (C=O) groups is 1. The van der Waals surface area contributed by atoms with Gasteiger partial charge in [0, 0.05) is 44.6 Å². The Balaban J connectivity index is 1.74. The van der Waals surface area contributed by atoms with Gasteiger partial charge in [-0.05, 0) is 30.5 Å². The Labute approximate surface area is 161 Å². The van der Waals surface area contributed by atoms with Crippen LogP contribution < -0.4 is 10.5 Å². The summed E-state index contributed by atoms with van der Waals surface area (Å²) in [5.41, 5.74) is 0.432. The van der Waals surface area contributed by atoms with Crippen molar-refractivity contribution in [2.45, 2.75) is 32.1 Å². The summed E-state index contributed by atoms with van der Waals surface area (Å²) in [5.74, 6) is -0.433. The lowest BCUT2D eigenvalue weighted by Gasteiger charge is -2.24. The van der Waals surface area contributed by atoms with E-state index in [1.54, 1.807) is 7.05 Å². The lowest BCUT2D eigenvalue weighted by atomic mass is 10.1. The van der Waals surface area contributed by atoms with Crippen LogP contribution in [0.25, 0.3) is 0 Å². The molecular formula is C20H22F3N3O2. The van der Waals surface area contributed by atoms with Crippen molar-refractivity contribution in [3.63, 3.8) is 0 Å². The standard InChI is InChI=1S/C20H22F3N3O2/c1-24(12-15-6-2-3-7-17(15)25-10-4-5-11-25)19(28)14-26-13-16(20(21,22)23)8-9-18(26)27/h2-3,6-9,13H,4-5,10-12,14H2,1H3. The third-order valence-corrected chi connectivity index (χ3v) is 4.89. The number of rotatable bonds is 5. The van der Waals surface area contributed by atoms with Crippen molar-refractivity contribution < 1.29 is 18.0 Å². The highest BCUT2D eigenvalue weighted by molar-refractivity contribution is 5.76. The average molecular weight is 393 g/mol. The van der Waals surface area contributed by atoms with Gasteiger partial charge in [-0.3, -0.25) is 9.59 Å². The molecule has 28 heavy (non-hydrogen) atoms. The van der Waals surface area contributed by atoms with E-state index in [0.717, 1.165) is 53.9 Å². The third kappa shape index (κ3) is 4.55. The summed E-state index contributed by atoms with van der Waals surface area (Å²) < 4.78 is 39.4. The van der Waals surface area contributed by atoms with Crippen molar-refractivity contribution in [1.29, 1.82) is 0 Å². The number of benzene rings is 1. The topological polar surface area (TPSA) is 45.5 Å². The van der Waals surface area contributed by atoms with Crippen LogP contribution >= 0.6 is 0 Å². The Bertz CT molecular complexity index is 902. The molecule has 1 saturated heterocycles. The highest BCUT2D eigenvalue weighted by Crippen LogP contribution is 2.28. The van der Waals surface area contributed by atoms with E-state index in [4.69, 9.17) is 0 Å². The summed E-state index contributed by atoms with van der Waals surface area (Å²) in [4.78, 5) is 28.1. The second-order valence-electron chi connectivity index (χ2n) is 6.95. The Kier molecular flexibility index (Phi) is 5.76. The number of nitrogens with zero attached hydrogens (tertiary/aromatic N) is 3. The lowest BCUT2D eigenvalue weighted by Crippen LogP contribution is -2.34. The molecule has 0 spiro atoms. The number of pyridine rings is 1. The first kappa shape index (κ1) is 20.0. The summed E-state index contributed by atoms with van der Waals surface area (Å²) in [6.45, 7) is 1.81. The van der Waals surface area contributed by atoms with Crippen LogP contribution in [0.1, 0.15) is 24.0 Å². The summed E-state index contributed by atoms with van der Waals surface area (Å²) in [6.07, 6.45) is -1.63. The van der Waals surface area contributed by atoms with Crippen LogP contribution in [0, 0.1) is 0 Å². The number of aromatic nitrogens is 1. The number of amides is 1. The fourth-order valence-corrected chi connectivity index (χ4v) is 3.34. The highest BCUT2D eigenvalue weighted by atomic mass is 19.4. The molecule has 8 heteroatoms. The summed E-state index contributed by atoms with van der Waals surface area (Å²) in [6, 6.07) is 9.34. The second kappa shape index (κ2) is 8.08. The van der Waals surface area contributed by atoms with Gasteiger partial charge in [0.15, 0.2) is 0 Å². The van der Waals surface area contributed by atoms with Gasteiger partial charge in [0.1, 0.15) is 6.54 Å². The number of hydrogen-bond donors (Lipinski definition) is 0. The molecule has 1 amide bonds. The van der Waals surface area contributed by atoms with E-state index in [1.165, 1.54) is 4.90 Å². The maximum atomic E-state index is 12.9. The van der Waals surface area contributed by atoms with E-state index < -0.39 is 29.8 Å². The van der Waals surface area contributed by atoms with Crippen LogP contribution in [0.15, 0.2) is 47.4 Å². The van der Waals surface area contributed by atoms with Crippen molar-refractivity contribution in [2.75, 3.05) is 25.0 Å². The van der Waals surface area contributed by atoms with Crippen LogP contribution in [0.4, 0.5) is 18.9 Å². The van der Waals surface area contributed by atoms with Gasteiger partial charge in [0.05, 0.1) is 5.56 Å². The normalized spacial score (nSPS) is 14.4. The SMILES string of the molecule is CN(Cc1ccccc1N1CCCC1)C(=O)Cn1cc(C(F)(F)F)ccc1=O. The predicted molar refractivity (Wildman–Crippen MR) is 100 cm³/mol. The number of anilines is 1. The Morgan fingerprint density at radius 1 is 1.11 bits per heavy atom. The molecule has 150 valence electrons. The molecule has 1 fully saturated rings. The molecule has 1 aliphatic heterocycles. The molecule has 3 rings (SSSR count). The van der Waals surface area contributed by atoms with Gasteiger partial charge in [0.2, 0.25) is 5.91 Å². The minimum absolute atomic E-state index is 0.319. The smallest absolute Gasteiger partial charge is 0.371 e. The molecule has 1 aliphatic rings. The van der Waals surface area contributed by atoms with Gasteiger partial charge < -0.3 is 14.4 Å². The maximum Gasteiger partial charge on any atom is 0.417 e. The van der Waals surface area contributed by atoms with Crippen LogP contribution in [-0.4, -0.2) is 35.5 Å². The predicted octanol–water partition coefficient (Wildman–Crippen LogP) is 3.13. The molecule has 0 unspecified atom stereocenters. The van der Waals surface area contributed by atoms with Gasteiger partial charge in [-0.2, -0.15) is 13.2 Å². The van der Waals surface area contributed by atoms with Gasteiger partial charge in [-0.15, -0.1) is 0 Å². The number of para-hydroxylation sites is 1. The summed E-state index contributed by atoms with van der Waals surface area (Å²) in [5, 5.41) is 0. The zero-order valence-corrected chi connectivity index (χ0v) is 15.6. The Morgan fingerprint density at radius 2 is 1.79 bits per heavy atom. The molecule has 0 N–H and O–H groups in total. The van der Waals surface area contributed by atoms with Crippen LogP contribution in [0.3, 0.4) is 0 Å². The monoisotopic (exact) mass is 393 g/mol. The molecule has 0 aliphatic carbocycles. The van der Waals surface area contributed by atoms with Crippen LogP contribution in [0.5, 0.6) is 0 Å². The maximum absolute atomic E-state index is 12.9. The van der Waals surface area contributed by atoms with Crippen molar-refractivity contribution in [2.24, 2.45) is 0 Å². The van der Waals surface area contributed by atoms with E-state index >= 15 is 0 Å². The quantitative estimate of drug-likeness (QED) is 0.784. The van der Waals surface area contributed by atoms with Crippen molar-refractivity contribution >= 4 is 11.6 Å². The van der Waals surface area contributed by atoms with E-state index in [9.17, 15) is 22.8 Å². The molecule has 0 atom stereocenters. The second-order valence-corrected chi connectivity index (χ2v) is 6.95. The summed E-state index contributed by atoms with van der Waals surface area (Å²) in [7, 11) is 1.59. The van der Waals surface area contributed by atoms with Crippen molar-refractivity contribution in [3.05, 3.63) is 64.1 Å². The van der Waals surface area contributed by atoms with Crippen molar-refractivity contribution in [1.82, 2.24) is 9.47 Å². The molecular weight excluding hydrogens is 371 g/mol. The fraction of sp³-hybridized carbons (Fsp3) is 0.400. The first-order valence-corrected chi connectivity index (χ1v) is 9.10. The van der Waals surface area contributed by atoms with E-state index in [2.05, 4.69) is 4.90 Å². The van der Waals surface area contributed by atoms with Gasteiger partial charge >= 0.3 is 6.18 Å². The largest absolute Gasteiger partial charge is 0.417 e. The molecule has 2 aromatic rings. The first-order valence-electron chi connectivity index (χ1n) is 9.10. The number of alkyl halides is 3. The number of hydrogen-bond acceptors (Lipinski definition) is 3. The van der Waals surface area contributed by atoms with Crippen LogP contribution in [-0.2, 0) is 24.1 Å². The molecule has 0 saturated carbocycles. The minimum atomic E-state index is -4.57. The Morgan fingerprint density at radius 3 is 2.46 bits per heavy atom. The average Bonchev–Trinajstić information content (AvgIpc) is 3.17. The van der Waals surface area contributed by atoms with E-state index in [-0.39, 0.29) is 0 Å². The number of halogens is 3. The molecule has 0 radical (unpaired) electrons. The lowest BCUT2D eigenvalue weighted by molar-refractivity contribution is -0.138. The molecule has 5 nitrogen and oxygen atoms in total. The van der Waals surface area contributed by atoms with Gasteiger partial charge in [-0.25, -0.2) is 0 Å². The van der Waals surface area contributed by atoms with E-state index in [0.29, 0.717) is 12.7 Å². The highest BCUT2D eigenvalue weighted by Gasteiger charge is 2.31. The summed E-state index contributed by atoms with van der Waals surface area (Å²) >= 11 is 0. The van der Waals surface area contributed by atoms with E-state index in [1.807, 2.05) is 24.3 Å². The minimum Gasteiger partial charge on any atom is -0.371 e. The third-order valence-electron chi connectivity index (χ3n) is 4.89. The molecule has 1 aromatic heterocycles. The van der Waals surface area contributed by atoms with Gasteiger partial charge in [-0.1, -0.05) is 18.2 Å².